The minimum absolute atomic E-state index is 0.366. The predicted molar refractivity (Wildman–Crippen MR) is 49.3 cm³/mol. The number of carbonyl (C=O) groups excluding carboxylic acids is 1. The molecule has 0 saturated carbocycles. The van der Waals surface area contributed by atoms with E-state index in [4.69, 9.17) is 9.47 Å². The van der Waals surface area contributed by atoms with E-state index in [2.05, 4.69) is 0 Å². The van der Waals surface area contributed by atoms with E-state index in [0.717, 1.165) is 25.0 Å². The zero-order chi connectivity index (χ0) is 9.68. The van der Waals surface area contributed by atoms with E-state index >= 15 is 0 Å². The summed E-state index contributed by atoms with van der Waals surface area (Å²) in [5.74, 6) is 0.810. The highest BCUT2D eigenvalue weighted by Gasteiger charge is 2.14. The van der Waals surface area contributed by atoms with Gasteiger partial charge in [0.2, 0.25) is 0 Å². The average molecular weight is 184 g/mol. The molecule has 0 bridgehead atoms. The van der Waals surface area contributed by atoms with Crippen molar-refractivity contribution in [3.05, 3.63) is 11.3 Å². The van der Waals surface area contributed by atoms with Gasteiger partial charge in [0.05, 0.1) is 6.61 Å². The minimum Gasteiger partial charge on any atom is -0.434 e. The monoisotopic (exact) mass is 184 g/mol. The minimum atomic E-state index is -0.571. The maximum Gasteiger partial charge on any atom is 0.513 e. The summed E-state index contributed by atoms with van der Waals surface area (Å²) >= 11 is 0. The third-order valence-electron chi connectivity index (χ3n) is 2.15. The standard InChI is InChI=1S/C10H16O3/c1-3-12-10(11)13-9-7-5-4-6-8(9)2/h3-7H2,1-2H3. The molecule has 0 radical (unpaired) electrons. The van der Waals surface area contributed by atoms with Crippen molar-refractivity contribution >= 4 is 6.16 Å². The molecule has 1 aliphatic carbocycles. The van der Waals surface area contributed by atoms with E-state index in [1.54, 1.807) is 6.92 Å². The molecule has 0 aromatic heterocycles. The van der Waals surface area contributed by atoms with E-state index in [0.29, 0.717) is 6.61 Å². The maximum absolute atomic E-state index is 11.0. The largest absolute Gasteiger partial charge is 0.513 e. The smallest absolute Gasteiger partial charge is 0.434 e. The van der Waals surface area contributed by atoms with E-state index in [1.165, 1.54) is 12.0 Å². The SMILES string of the molecule is CCOC(=O)OC1=C(C)CCCC1. The Hall–Kier alpha value is -0.990. The molecule has 0 N–H and O–H groups in total. The molecule has 1 rings (SSSR count). The molecule has 0 spiro atoms. The van der Waals surface area contributed by atoms with Crippen molar-refractivity contribution in [3.63, 3.8) is 0 Å². The van der Waals surface area contributed by atoms with Crippen molar-refractivity contribution in [2.24, 2.45) is 0 Å². The van der Waals surface area contributed by atoms with Crippen LogP contribution < -0.4 is 0 Å². The van der Waals surface area contributed by atoms with Crippen molar-refractivity contribution in [1.29, 1.82) is 0 Å². The van der Waals surface area contributed by atoms with Gasteiger partial charge in [-0.2, -0.15) is 0 Å². The van der Waals surface area contributed by atoms with Gasteiger partial charge < -0.3 is 9.47 Å². The Kier molecular flexibility index (Phi) is 3.80. The topological polar surface area (TPSA) is 35.5 Å². The lowest BCUT2D eigenvalue weighted by Crippen LogP contribution is -2.10. The molecule has 13 heavy (non-hydrogen) atoms. The van der Waals surface area contributed by atoms with E-state index in [-0.39, 0.29) is 0 Å². The molecule has 0 unspecified atom stereocenters. The highest BCUT2D eigenvalue weighted by molar-refractivity contribution is 5.61. The van der Waals surface area contributed by atoms with Gasteiger partial charge in [0.25, 0.3) is 0 Å². The molecule has 1 aliphatic rings. The van der Waals surface area contributed by atoms with Crippen LogP contribution in [0.15, 0.2) is 11.3 Å². The van der Waals surface area contributed by atoms with Gasteiger partial charge in [-0.05, 0) is 38.7 Å². The lowest BCUT2D eigenvalue weighted by atomic mass is 9.99. The summed E-state index contributed by atoms with van der Waals surface area (Å²) in [7, 11) is 0. The van der Waals surface area contributed by atoms with Crippen LogP contribution in [0.5, 0.6) is 0 Å². The Morgan fingerprint density at radius 3 is 2.69 bits per heavy atom. The summed E-state index contributed by atoms with van der Waals surface area (Å²) in [6.45, 7) is 4.14. The molecule has 0 atom stereocenters. The highest BCUT2D eigenvalue weighted by atomic mass is 16.7. The zero-order valence-electron chi connectivity index (χ0n) is 8.26. The summed E-state index contributed by atoms with van der Waals surface area (Å²) in [6, 6.07) is 0. The van der Waals surface area contributed by atoms with Crippen molar-refractivity contribution in [1.82, 2.24) is 0 Å². The van der Waals surface area contributed by atoms with Crippen LogP contribution >= 0.6 is 0 Å². The molecular formula is C10H16O3. The summed E-state index contributed by atoms with van der Waals surface area (Å²) in [5.41, 5.74) is 1.18. The van der Waals surface area contributed by atoms with Crippen LogP contribution in [0.3, 0.4) is 0 Å². The first-order valence-corrected chi connectivity index (χ1v) is 4.77. The molecule has 0 saturated heterocycles. The van der Waals surface area contributed by atoms with Gasteiger partial charge in [-0.25, -0.2) is 4.79 Å². The Labute approximate surface area is 78.7 Å². The van der Waals surface area contributed by atoms with Gasteiger partial charge in [0.1, 0.15) is 5.76 Å². The molecule has 3 heteroatoms. The second-order valence-corrected chi connectivity index (χ2v) is 3.20. The number of ether oxygens (including phenoxy) is 2. The number of hydrogen-bond acceptors (Lipinski definition) is 3. The van der Waals surface area contributed by atoms with Gasteiger partial charge in [-0.3, -0.25) is 0 Å². The van der Waals surface area contributed by atoms with Crippen molar-refractivity contribution in [3.8, 4) is 0 Å². The van der Waals surface area contributed by atoms with Gasteiger partial charge in [0, 0.05) is 6.42 Å². The highest BCUT2D eigenvalue weighted by Crippen LogP contribution is 2.25. The van der Waals surface area contributed by atoms with E-state index in [9.17, 15) is 4.79 Å². The molecule has 0 aromatic rings. The fraction of sp³-hybridized carbons (Fsp3) is 0.700. The Morgan fingerprint density at radius 1 is 1.38 bits per heavy atom. The van der Waals surface area contributed by atoms with Gasteiger partial charge in [-0.1, -0.05) is 0 Å². The van der Waals surface area contributed by atoms with Crippen molar-refractivity contribution < 1.29 is 14.3 Å². The normalized spacial score (nSPS) is 17.1. The molecular weight excluding hydrogens is 168 g/mol. The first-order chi connectivity index (χ1) is 6.24. The Morgan fingerprint density at radius 2 is 2.08 bits per heavy atom. The Bertz CT molecular complexity index is 218. The second-order valence-electron chi connectivity index (χ2n) is 3.20. The van der Waals surface area contributed by atoms with E-state index in [1.807, 2.05) is 6.92 Å². The number of allylic oxidation sites excluding steroid dienone is 2. The van der Waals surface area contributed by atoms with Crippen molar-refractivity contribution in [2.75, 3.05) is 6.61 Å². The van der Waals surface area contributed by atoms with Crippen LogP contribution in [0, 0.1) is 0 Å². The molecule has 0 fully saturated rings. The predicted octanol–water partition coefficient (Wildman–Crippen LogP) is 3.01. The molecule has 3 nitrogen and oxygen atoms in total. The molecule has 0 aromatic carbocycles. The second kappa shape index (κ2) is 4.90. The average Bonchev–Trinajstić information content (AvgIpc) is 2.09. The number of hydrogen-bond donors (Lipinski definition) is 0. The summed E-state index contributed by atoms with van der Waals surface area (Å²) in [4.78, 5) is 11.0. The maximum atomic E-state index is 11.0. The Balaban J connectivity index is 2.46. The van der Waals surface area contributed by atoms with E-state index < -0.39 is 6.16 Å². The first-order valence-electron chi connectivity index (χ1n) is 4.77. The quantitative estimate of drug-likeness (QED) is 0.619. The summed E-state index contributed by atoms with van der Waals surface area (Å²) in [5, 5.41) is 0. The van der Waals surface area contributed by atoms with Crippen LogP contribution in [-0.4, -0.2) is 12.8 Å². The molecule has 0 heterocycles. The van der Waals surface area contributed by atoms with Gasteiger partial charge in [-0.15, -0.1) is 0 Å². The van der Waals surface area contributed by atoms with Gasteiger partial charge >= 0.3 is 6.16 Å². The summed E-state index contributed by atoms with van der Waals surface area (Å²) in [6.07, 6.45) is 3.63. The fourth-order valence-electron chi connectivity index (χ4n) is 1.41. The van der Waals surface area contributed by atoms with Crippen LogP contribution in [0.2, 0.25) is 0 Å². The number of rotatable bonds is 2. The lowest BCUT2D eigenvalue weighted by molar-refractivity contribution is 0.0774. The van der Waals surface area contributed by atoms with Crippen LogP contribution in [-0.2, 0) is 9.47 Å². The molecule has 74 valence electrons. The third kappa shape index (κ3) is 3.09. The first kappa shape index (κ1) is 10.1. The zero-order valence-corrected chi connectivity index (χ0v) is 8.26. The summed E-state index contributed by atoms with van der Waals surface area (Å²) < 4.78 is 9.76. The molecule has 0 amide bonds. The van der Waals surface area contributed by atoms with Crippen LogP contribution in [0.4, 0.5) is 4.79 Å². The number of carbonyl (C=O) groups is 1. The fourth-order valence-corrected chi connectivity index (χ4v) is 1.41. The van der Waals surface area contributed by atoms with Crippen molar-refractivity contribution in [2.45, 2.75) is 39.5 Å². The van der Waals surface area contributed by atoms with Gasteiger partial charge in [0.15, 0.2) is 0 Å². The van der Waals surface area contributed by atoms with Crippen LogP contribution in [0.25, 0.3) is 0 Å². The third-order valence-corrected chi connectivity index (χ3v) is 2.15. The molecule has 0 aliphatic heterocycles. The lowest BCUT2D eigenvalue weighted by Gasteiger charge is -2.16. The van der Waals surface area contributed by atoms with Crippen LogP contribution in [0.1, 0.15) is 39.5 Å².